The molecular weight excluding hydrogens is 301 g/mol. The normalized spacial score (nSPS) is 11.1. The molecule has 3 aromatic rings. The summed E-state index contributed by atoms with van der Waals surface area (Å²) in [4.78, 5) is 0. The number of nitrogens with zero attached hydrogens (tertiary/aromatic N) is 1. The Morgan fingerprint density at radius 3 is 2.50 bits per heavy atom. The first-order chi connectivity index (χ1) is 11.7. The lowest BCUT2D eigenvalue weighted by atomic mass is 10.0. The number of hydrogen-bond acceptors (Lipinski definition) is 1. The van der Waals surface area contributed by atoms with E-state index >= 15 is 0 Å². The van der Waals surface area contributed by atoms with E-state index in [4.69, 9.17) is 4.74 Å². The van der Waals surface area contributed by atoms with Gasteiger partial charge < -0.3 is 9.30 Å². The fourth-order valence-electron chi connectivity index (χ4n) is 3.28. The van der Waals surface area contributed by atoms with E-state index in [1.807, 2.05) is 26.1 Å². The van der Waals surface area contributed by atoms with E-state index < -0.39 is 0 Å². The number of ether oxygens (including phenoxy) is 1. The summed E-state index contributed by atoms with van der Waals surface area (Å²) in [5, 5.41) is 0.930. The first-order valence-corrected chi connectivity index (χ1v) is 8.64. The lowest BCUT2D eigenvalue weighted by Gasteiger charge is -2.09. The van der Waals surface area contributed by atoms with Gasteiger partial charge in [-0.05, 0) is 55.9 Å². The van der Waals surface area contributed by atoms with Crippen molar-refractivity contribution >= 4 is 10.9 Å². The minimum absolute atomic E-state index is 0.277. The van der Waals surface area contributed by atoms with E-state index in [0.29, 0.717) is 12.4 Å². The Morgan fingerprint density at radius 1 is 1.00 bits per heavy atom. The van der Waals surface area contributed by atoms with E-state index in [9.17, 15) is 4.39 Å². The number of aromatic nitrogens is 1. The molecule has 2 aromatic carbocycles. The molecule has 0 aliphatic carbocycles. The highest BCUT2D eigenvalue weighted by atomic mass is 19.1. The molecule has 0 saturated carbocycles. The predicted molar refractivity (Wildman–Crippen MR) is 97.1 cm³/mol. The number of unbranched alkanes of at least 4 members (excludes halogenated alkanes) is 1. The predicted octanol–water partition coefficient (Wildman–Crippen LogP) is 5.28. The van der Waals surface area contributed by atoms with Crippen molar-refractivity contribution in [2.75, 3.05) is 6.61 Å². The number of halogens is 1. The SMILES string of the molecule is CCOc1c(F)ccc2c1c(CCCCc1ccccc1)cn2C. The molecule has 0 spiro atoms. The monoisotopic (exact) mass is 325 g/mol. The highest BCUT2D eigenvalue weighted by Gasteiger charge is 2.15. The van der Waals surface area contributed by atoms with Gasteiger partial charge >= 0.3 is 0 Å². The first kappa shape index (κ1) is 16.6. The van der Waals surface area contributed by atoms with Gasteiger partial charge in [0.15, 0.2) is 11.6 Å². The van der Waals surface area contributed by atoms with Gasteiger partial charge in [-0.2, -0.15) is 0 Å². The molecule has 0 bridgehead atoms. The van der Waals surface area contributed by atoms with Crippen LogP contribution in [-0.4, -0.2) is 11.2 Å². The fraction of sp³-hybridized carbons (Fsp3) is 0.333. The quantitative estimate of drug-likeness (QED) is 0.539. The van der Waals surface area contributed by atoms with Crippen LogP contribution >= 0.6 is 0 Å². The second-order valence-electron chi connectivity index (χ2n) is 6.16. The summed E-state index contributed by atoms with van der Waals surface area (Å²) in [5.74, 6) is 0.120. The second kappa shape index (κ2) is 7.52. The van der Waals surface area contributed by atoms with Crippen LogP contribution in [0.4, 0.5) is 4.39 Å². The van der Waals surface area contributed by atoms with Crippen molar-refractivity contribution in [3.05, 3.63) is 65.6 Å². The lowest BCUT2D eigenvalue weighted by molar-refractivity contribution is 0.326. The molecule has 3 rings (SSSR count). The van der Waals surface area contributed by atoms with Crippen molar-refractivity contribution in [3.63, 3.8) is 0 Å². The Morgan fingerprint density at radius 2 is 1.75 bits per heavy atom. The Kier molecular flexibility index (Phi) is 5.19. The van der Waals surface area contributed by atoms with Gasteiger partial charge in [-0.1, -0.05) is 30.3 Å². The maximum absolute atomic E-state index is 14.2. The topological polar surface area (TPSA) is 14.2 Å². The number of fused-ring (bicyclic) bond motifs is 1. The van der Waals surface area contributed by atoms with Crippen LogP contribution in [0.15, 0.2) is 48.7 Å². The molecule has 0 atom stereocenters. The molecule has 0 N–H and O–H groups in total. The van der Waals surface area contributed by atoms with Crippen LogP contribution in [0.1, 0.15) is 30.9 Å². The van der Waals surface area contributed by atoms with Crippen molar-refractivity contribution in [2.24, 2.45) is 7.05 Å². The smallest absolute Gasteiger partial charge is 0.165 e. The van der Waals surface area contributed by atoms with Crippen molar-refractivity contribution in [3.8, 4) is 5.75 Å². The van der Waals surface area contributed by atoms with Crippen LogP contribution in [0.25, 0.3) is 10.9 Å². The largest absolute Gasteiger partial charge is 0.490 e. The Hall–Kier alpha value is -2.29. The third-order valence-electron chi connectivity index (χ3n) is 4.43. The third-order valence-corrected chi connectivity index (χ3v) is 4.43. The zero-order valence-corrected chi connectivity index (χ0v) is 14.4. The van der Waals surface area contributed by atoms with Gasteiger partial charge in [0.1, 0.15) is 0 Å². The van der Waals surface area contributed by atoms with Crippen LogP contribution in [0.3, 0.4) is 0 Å². The molecule has 0 aliphatic rings. The average molecular weight is 325 g/mol. The molecule has 0 unspecified atom stereocenters. The molecule has 0 aliphatic heterocycles. The van der Waals surface area contributed by atoms with Gasteiger partial charge in [0.2, 0.25) is 0 Å². The van der Waals surface area contributed by atoms with Crippen LogP contribution < -0.4 is 4.74 Å². The van der Waals surface area contributed by atoms with Crippen molar-refractivity contribution in [1.82, 2.24) is 4.57 Å². The van der Waals surface area contributed by atoms with E-state index in [-0.39, 0.29) is 5.82 Å². The Bertz CT molecular complexity index is 808. The van der Waals surface area contributed by atoms with Crippen LogP contribution in [0.2, 0.25) is 0 Å². The van der Waals surface area contributed by atoms with Crippen molar-refractivity contribution in [2.45, 2.75) is 32.6 Å². The molecule has 24 heavy (non-hydrogen) atoms. The Labute approximate surface area is 142 Å². The number of aryl methyl sites for hydroxylation is 3. The van der Waals surface area contributed by atoms with Gasteiger partial charge in [-0.15, -0.1) is 0 Å². The zero-order chi connectivity index (χ0) is 16.9. The lowest BCUT2D eigenvalue weighted by Crippen LogP contribution is -1.97. The zero-order valence-electron chi connectivity index (χ0n) is 14.4. The molecule has 0 fully saturated rings. The van der Waals surface area contributed by atoms with Gasteiger partial charge in [-0.3, -0.25) is 0 Å². The van der Waals surface area contributed by atoms with Crippen LogP contribution in [0.5, 0.6) is 5.75 Å². The summed E-state index contributed by atoms with van der Waals surface area (Å²) < 4.78 is 21.8. The summed E-state index contributed by atoms with van der Waals surface area (Å²) in [6.45, 7) is 2.36. The molecule has 0 saturated heterocycles. The number of benzene rings is 2. The molecule has 0 radical (unpaired) electrons. The minimum Gasteiger partial charge on any atom is -0.490 e. The maximum atomic E-state index is 14.2. The summed E-state index contributed by atoms with van der Waals surface area (Å²) in [6, 6.07) is 13.9. The van der Waals surface area contributed by atoms with Crippen LogP contribution in [-0.2, 0) is 19.9 Å². The van der Waals surface area contributed by atoms with E-state index in [2.05, 4.69) is 35.0 Å². The van der Waals surface area contributed by atoms with E-state index in [1.54, 1.807) is 0 Å². The second-order valence-corrected chi connectivity index (χ2v) is 6.16. The molecule has 1 aromatic heterocycles. The summed E-state index contributed by atoms with van der Waals surface area (Å²) >= 11 is 0. The summed E-state index contributed by atoms with van der Waals surface area (Å²) in [7, 11) is 2.00. The highest BCUT2D eigenvalue weighted by Crippen LogP contribution is 2.33. The molecule has 2 nitrogen and oxygen atoms in total. The van der Waals surface area contributed by atoms with Gasteiger partial charge in [0.05, 0.1) is 12.1 Å². The third kappa shape index (κ3) is 3.45. The van der Waals surface area contributed by atoms with E-state index in [0.717, 1.165) is 36.6 Å². The molecular formula is C21H24FNO. The van der Waals surface area contributed by atoms with Crippen LogP contribution in [0, 0.1) is 5.82 Å². The molecule has 1 heterocycles. The van der Waals surface area contributed by atoms with Crippen molar-refractivity contribution < 1.29 is 9.13 Å². The first-order valence-electron chi connectivity index (χ1n) is 8.64. The number of rotatable bonds is 7. The molecule has 0 amide bonds. The average Bonchev–Trinajstić information content (AvgIpc) is 2.91. The standard InChI is InChI=1S/C21H24FNO/c1-3-24-21-18(22)13-14-19-20(21)17(15-23(19)2)12-8-7-11-16-9-5-4-6-10-16/h4-6,9-10,13-15H,3,7-8,11-12H2,1-2H3. The van der Waals surface area contributed by atoms with Crippen molar-refractivity contribution in [1.29, 1.82) is 0 Å². The summed E-state index contributed by atoms with van der Waals surface area (Å²) in [6.07, 6.45) is 6.33. The highest BCUT2D eigenvalue weighted by molar-refractivity contribution is 5.90. The fourth-order valence-corrected chi connectivity index (χ4v) is 3.28. The minimum atomic E-state index is -0.277. The summed E-state index contributed by atoms with van der Waals surface area (Å²) in [5.41, 5.74) is 3.57. The van der Waals surface area contributed by atoms with Gasteiger partial charge in [-0.25, -0.2) is 4.39 Å². The number of hydrogen-bond donors (Lipinski definition) is 0. The molecule has 126 valence electrons. The van der Waals surface area contributed by atoms with Gasteiger partial charge in [0.25, 0.3) is 0 Å². The van der Waals surface area contributed by atoms with E-state index in [1.165, 1.54) is 17.2 Å². The maximum Gasteiger partial charge on any atom is 0.165 e. The Balaban J connectivity index is 1.75. The van der Waals surface area contributed by atoms with Gasteiger partial charge in [0, 0.05) is 18.6 Å². The molecule has 3 heteroatoms.